The van der Waals surface area contributed by atoms with E-state index in [0.717, 1.165) is 11.6 Å². The number of carbonyl (C=O) groups is 1. The van der Waals surface area contributed by atoms with Crippen LogP contribution in [0.15, 0.2) is 22.7 Å². The van der Waals surface area contributed by atoms with Crippen LogP contribution in [0.1, 0.15) is 40.3 Å². The van der Waals surface area contributed by atoms with Crippen LogP contribution < -0.4 is 5.32 Å². The van der Waals surface area contributed by atoms with Gasteiger partial charge in [-0.2, -0.15) is 0 Å². The van der Waals surface area contributed by atoms with E-state index >= 15 is 0 Å². The van der Waals surface area contributed by atoms with Crippen molar-refractivity contribution in [2.75, 3.05) is 0 Å². The molecular formula is C14H15FN2O3. The summed E-state index contributed by atoms with van der Waals surface area (Å²) in [5.74, 6) is -1.26. The highest BCUT2D eigenvalue weighted by atomic mass is 19.1. The first-order chi connectivity index (χ1) is 9.41. The van der Waals surface area contributed by atoms with Crippen LogP contribution in [0, 0.1) is 19.7 Å². The van der Waals surface area contributed by atoms with Gasteiger partial charge in [0.2, 0.25) is 0 Å². The number of aromatic hydroxyl groups is 1. The molecule has 1 atom stereocenters. The first-order valence-corrected chi connectivity index (χ1v) is 6.13. The maximum absolute atomic E-state index is 13.6. The maximum Gasteiger partial charge on any atom is 0.258 e. The minimum atomic E-state index is -0.770. The van der Waals surface area contributed by atoms with Gasteiger partial charge in [0, 0.05) is 5.56 Å². The molecule has 1 heterocycles. The smallest absolute Gasteiger partial charge is 0.258 e. The van der Waals surface area contributed by atoms with Crippen LogP contribution in [0.4, 0.5) is 4.39 Å². The van der Waals surface area contributed by atoms with E-state index < -0.39 is 23.5 Å². The van der Waals surface area contributed by atoms with Crippen LogP contribution in [0.2, 0.25) is 0 Å². The standard InChI is InChI=1S/C14H15FN2O3/c1-7(12-8(2)17-20-9(12)3)16-14(19)13-10(15)5-4-6-11(13)18/h4-7,18H,1-3H3,(H,16,19). The molecule has 0 spiro atoms. The Balaban J connectivity index is 2.24. The molecule has 106 valence electrons. The van der Waals surface area contributed by atoms with Crippen molar-refractivity contribution >= 4 is 5.91 Å². The van der Waals surface area contributed by atoms with Gasteiger partial charge in [0.05, 0.1) is 11.7 Å². The minimum absolute atomic E-state index is 0.369. The molecule has 1 amide bonds. The van der Waals surface area contributed by atoms with Gasteiger partial charge in [-0.1, -0.05) is 11.2 Å². The summed E-state index contributed by atoms with van der Waals surface area (Å²) in [4.78, 5) is 12.1. The Bertz CT molecular complexity index is 612. The largest absolute Gasteiger partial charge is 0.507 e. The summed E-state index contributed by atoms with van der Waals surface area (Å²) in [6.45, 7) is 5.23. The van der Waals surface area contributed by atoms with Crippen LogP contribution in [0.5, 0.6) is 5.75 Å². The summed E-state index contributed by atoms with van der Waals surface area (Å²) in [6, 6.07) is 3.31. The molecule has 0 aliphatic rings. The molecule has 2 rings (SSSR count). The van der Waals surface area contributed by atoms with Gasteiger partial charge in [-0.15, -0.1) is 0 Å². The number of aryl methyl sites for hydroxylation is 2. The number of rotatable bonds is 3. The van der Waals surface area contributed by atoms with Crippen LogP contribution in [0.3, 0.4) is 0 Å². The summed E-state index contributed by atoms with van der Waals surface area (Å²) in [6.07, 6.45) is 0. The molecule has 0 bridgehead atoms. The average Bonchev–Trinajstić information content (AvgIpc) is 2.68. The van der Waals surface area contributed by atoms with Crippen molar-refractivity contribution in [3.8, 4) is 5.75 Å². The fraction of sp³-hybridized carbons (Fsp3) is 0.286. The highest BCUT2D eigenvalue weighted by Gasteiger charge is 2.22. The van der Waals surface area contributed by atoms with Crippen molar-refractivity contribution in [2.45, 2.75) is 26.8 Å². The molecule has 1 unspecified atom stereocenters. The maximum atomic E-state index is 13.6. The van der Waals surface area contributed by atoms with Gasteiger partial charge >= 0.3 is 0 Å². The van der Waals surface area contributed by atoms with Gasteiger partial charge in [0.15, 0.2) is 0 Å². The number of carbonyl (C=O) groups excluding carboxylic acids is 1. The Hall–Kier alpha value is -2.37. The van der Waals surface area contributed by atoms with E-state index in [2.05, 4.69) is 10.5 Å². The third-order valence-electron chi connectivity index (χ3n) is 3.09. The van der Waals surface area contributed by atoms with Crippen molar-refractivity contribution in [2.24, 2.45) is 0 Å². The minimum Gasteiger partial charge on any atom is -0.507 e. The first kappa shape index (κ1) is 14.0. The van der Waals surface area contributed by atoms with Gasteiger partial charge in [0.1, 0.15) is 22.9 Å². The summed E-state index contributed by atoms with van der Waals surface area (Å²) < 4.78 is 18.6. The molecule has 20 heavy (non-hydrogen) atoms. The number of hydrogen-bond acceptors (Lipinski definition) is 4. The number of phenols is 1. The topological polar surface area (TPSA) is 75.4 Å². The monoisotopic (exact) mass is 278 g/mol. The number of nitrogens with zero attached hydrogens (tertiary/aromatic N) is 1. The molecule has 2 N–H and O–H groups in total. The lowest BCUT2D eigenvalue weighted by Crippen LogP contribution is -2.28. The van der Waals surface area contributed by atoms with Crippen molar-refractivity contribution in [1.29, 1.82) is 0 Å². The summed E-state index contributed by atoms with van der Waals surface area (Å²) >= 11 is 0. The quantitative estimate of drug-likeness (QED) is 0.905. The predicted octanol–water partition coefficient (Wildman–Crippen LogP) is 2.63. The molecular weight excluding hydrogens is 263 g/mol. The van der Waals surface area contributed by atoms with Gasteiger partial charge < -0.3 is 14.9 Å². The molecule has 0 saturated heterocycles. The van der Waals surface area contributed by atoms with Gasteiger partial charge in [-0.05, 0) is 32.9 Å². The van der Waals surface area contributed by atoms with E-state index in [-0.39, 0.29) is 5.56 Å². The predicted molar refractivity (Wildman–Crippen MR) is 69.9 cm³/mol. The van der Waals surface area contributed by atoms with E-state index in [1.807, 2.05) is 0 Å². The van der Waals surface area contributed by atoms with Crippen molar-refractivity contribution < 1.29 is 18.8 Å². The third-order valence-corrected chi connectivity index (χ3v) is 3.09. The Morgan fingerprint density at radius 3 is 2.70 bits per heavy atom. The number of benzene rings is 1. The number of aromatic nitrogens is 1. The van der Waals surface area contributed by atoms with Crippen LogP contribution in [-0.4, -0.2) is 16.2 Å². The molecule has 1 aromatic carbocycles. The molecule has 0 aliphatic heterocycles. The Kier molecular flexibility index (Phi) is 3.74. The molecule has 0 radical (unpaired) electrons. The van der Waals surface area contributed by atoms with Crippen LogP contribution >= 0.6 is 0 Å². The normalized spacial score (nSPS) is 12.2. The van der Waals surface area contributed by atoms with Crippen LogP contribution in [-0.2, 0) is 0 Å². The Morgan fingerprint density at radius 2 is 2.15 bits per heavy atom. The molecule has 2 aromatic rings. The van der Waals surface area contributed by atoms with Crippen LogP contribution in [0.25, 0.3) is 0 Å². The molecule has 0 saturated carbocycles. The molecule has 1 aromatic heterocycles. The zero-order valence-electron chi connectivity index (χ0n) is 11.4. The molecule has 5 nitrogen and oxygen atoms in total. The van der Waals surface area contributed by atoms with Crippen molar-refractivity contribution in [3.05, 3.63) is 46.6 Å². The Morgan fingerprint density at radius 1 is 1.45 bits per heavy atom. The highest BCUT2D eigenvalue weighted by molar-refractivity contribution is 5.97. The van der Waals surface area contributed by atoms with Gasteiger partial charge in [-0.3, -0.25) is 4.79 Å². The lowest BCUT2D eigenvalue weighted by atomic mass is 10.1. The zero-order chi connectivity index (χ0) is 14.9. The average molecular weight is 278 g/mol. The number of nitrogens with one attached hydrogen (secondary N) is 1. The molecule has 6 heteroatoms. The highest BCUT2D eigenvalue weighted by Crippen LogP contribution is 2.24. The fourth-order valence-electron chi connectivity index (χ4n) is 2.19. The van der Waals surface area contributed by atoms with Crippen molar-refractivity contribution in [1.82, 2.24) is 10.5 Å². The fourth-order valence-corrected chi connectivity index (χ4v) is 2.19. The van der Waals surface area contributed by atoms with E-state index in [1.54, 1.807) is 20.8 Å². The van der Waals surface area contributed by atoms with E-state index in [0.29, 0.717) is 11.5 Å². The molecule has 0 fully saturated rings. The summed E-state index contributed by atoms with van der Waals surface area (Å²) in [5, 5.41) is 16.0. The summed E-state index contributed by atoms with van der Waals surface area (Å²) in [5.41, 5.74) is 1.04. The number of halogens is 1. The Labute approximate surface area is 115 Å². The lowest BCUT2D eigenvalue weighted by Gasteiger charge is -2.14. The second-order valence-electron chi connectivity index (χ2n) is 4.57. The lowest BCUT2D eigenvalue weighted by molar-refractivity contribution is 0.0932. The number of hydrogen-bond donors (Lipinski definition) is 2. The number of phenolic OH excluding ortho intramolecular Hbond substituents is 1. The van der Waals surface area contributed by atoms with E-state index in [4.69, 9.17) is 4.52 Å². The third kappa shape index (κ3) is 2.49. The molecule has 0 aliphatic carbocycles. The second kappa shape index (κ2) is 5.32. The summed E-state index contributed by atoms with van der Waals surface area (Å²) in [7, 11) is 0. The zero-order valence-corrected chi connectivity index (χ0v) is 11.4. The second-order valence-corrected chi connectivity index (χ2v) is 4.57. The first-order valence-electron chi connectivity index (χ1n) is 6.13. The SMILES string of the molecule is Cc1noc(C)c1C(C)NC(=O)c1c(O)cccc1F. The van der Waals surface area contributed by atoms with E-state index in [1.165, 1.54) is 12.1 Å². The number of amides is 1. The van der Waals surface area contributed by atoms with Gasteiger partial charge in [-0.25, -0.2) is 4.39 Å². The van der Waals surface area contributed by atoms with Gasteiger partial charge in [0.25, 0.3) is 5.91 Å². The van der Waals surface area contributed by atoms with Crippen molar-refractivity contribution in [3.63, 3.8) is 0 Å². The van der Waals surface area contributed by atoms with E-state index in [9.17, 15) is 14.3 Å².